The Kier molecular flexibility index (Phi) is 1.68. The van der Waals surface area contributed by atoms with E-state index in [1.165, 1.54) is 4.90 Å². The molecule has 0 unspecified atom stereocenters. The van der Waals surface area contributed by atoms with Crippen LogP contribution in [0.5, 0.6) is 0 Å². The van der Waals surface area contributed by atoms with Gasteiger partial charge in [-0.15, -0.1) is 0 Å². The molecule has 3 N–H and O–H groups in total. The van der Waals surface area contributed by atoms with E-state index in [1.807, 2.05) is 0 Å². The van der Waals surface area contributed by atoms with Gasteiger partial charge in [0.15, 0.2) is 0 Å². The lowest BCUT2D eigenvalue weighted by Crippen LogP contribution is -2.55. The van der Waals surface area contributed by atoms with Crippen molar-refractivity contribution in [3.05, 3.63) is 0 Å². The topological polar surface area (TPSA) is 66.6 Å². The van der Waals surface area contributed by atoms with E-state index >= 15 is 0 Å². The number of hydrogen-bond donors (Lipinski definition) is 2. The van der Waals surface area contributed by atoms with E-state index < -0.39 is 0 Å². The Morgan fingerprint density at radius 3 is 2.67 bits per heavy atom. The zero-order valence-corrected chi connectivity index (χ0v) is 5.08. The molecule has 1 fully saturated rings. The number of carbonyl (C=O) groups excluding carboxylic acids is 1. The van der Waals surface area contributed by atoms with Gasteiger partial charge in [-0.1, -0.05) is 0 Å². The Labute approximate surface area is 53.2 Å². The fourth-order valence-corrected chi connectivity index (χ4v) is 0.788. The molecule has 1 saturated heterocycles. The van der Waals surface area contributed by atoms with E-state index in [-0.39, 0.29) is 18.6 Å². The van der Waals surface area contributed by atoms with Crippen LogP contribution in [0.25, 0.3) is 0 Å². The molecule has 9 heavy (non-hydrogen) atoms. The van der Waals surface area contributed by atoms with Gasteiger partial charge in [0.2, 0.25) is 5.91 Å². The van der Waals surface area contributed by atoms with Crippen LogP contribution in [-0.2, 0) is 4.79 Å². The first-order chi connectivity index (χ1) is 4.24. The van der Waals surface area contributed by atoms with Crippen LogP contribution in [0.2, 0.25) is 0 Å². The molecule has 0 aromatic carbocycles. The highest BCUT2D eigenvalue weighted by Gasteiger charge is 2.27. The third-order valence-electron chi connectivity index (χ3n) is 1.39. The first kappa shape index (κ1) is 6.51. The molecule has 0 aromatic rings. The zero-order chi connectivity index (χ0) is 6.85. The van der Waals surface area contributed by atoms with Crippen molar-refractivity contribution in [1.29, 1.82) is 0 Å². The van der Waals surface area contributed by atoms with Crippen molar-refractivity contribution in [2.45, 2.75) is 6.10 Å². The Morgan fingerprint density at radius 1 is 1.78 bits per heavy atom. The second-order valence-corrected chi connectivity index (χ2v) is 2.16. The quantitative estimate of drug-likeness (QED) is 0.438. The minimum absolute atomic E-state index is 0.0483. The summed E-state index contributed by atoms with van der Waals surface area (Å²) in [5, 5.41) is 8.73. The summed E-state index contributed by atoms with van der Waals surface area (Å²) in [5.41, 5.74) is 5.06. The number of carbonyl (C=O) groups is 1. The molecule has 0 saturated carbocycles. The van der Waals surface area contributed by atoms with E-state index in [2.05, 4.69) is 0 Å². The van der Waals surface area contributed by atoms with E-state index in [1.54, 1.807) is 0 Å². The average molecular weight is 130 g/mol. The number of β-amino-alcohol motifs (C(OH)–C–C–N with tert-alkyl or cyclic N) is 1. The molecule has 1 aliphatic rings. The summed E-state index contributed by atoms with van der Waals surface area (Å²) >= 11 is 0. The first-order valence-corrected chi connectivity index (χ1v) is 2.90. The standard InChI is InChI=1S/C5H10N2O2/c6-1-5(9)7-2-4(8)3-7/h4,8H,1-3,6H2. The van der Waals surface area contributed by atoms with Crippen molar-refractivity contribution in [1.82, 2.24) is 4.90 Å². The molecule has 0 aromatic heterocycles. The molecule has 1 amide bonds. The van der Waals surface area contributed by atoms with Crippen LogP contribution in [0.3, 0.4) is 0 Å². The maximum Gasteiger partial charge on any atom is 0.236 e. The van der Waals surface area contributed by atoms with Crippen molar-refractivity contribution in [2.24, 2.45) is 5.73 Å². The normalized spacial score (nSPS) is 19.6. The Hall–Kier alpha value is -0.610. The number of nitrogens with zero attached hydrogens (tertiary/aromatic N) is 1. The minimum atomic E-state index is -0.319. The molecule has 4 nitrogen and oxygen atoms in total. The van der Waals surface area contributed by atoms with Crippen LogP contribution >= 0.6 is 0 Å². The van der Waals surface area contributed by atoms with Crippen molar-refractivity contribution in [2.75, 3.05) is 19.6 Å². The van der Waals surface area contributed by atoms with Gasteiger partial charge in [0.25, 0.3) is 0 Å². The molecule has 0 spiro atoms. The Bertz CT molecular complexity index is 120. The van der Waals surface area contributed by atoms with Crippen LogP contribution in [0.1, 0.15) is 0 Å². The average Bonchev–Trinajstić information content (AvgIpc) is 1.79. The third kappa shape index (κ3) is 1.20. The lowest BCUT2D eigenvalue weighted by molar-refractivity contribution is -0.139. The van der Waals surface area contributed by atoms with Gasteiger partial charge in [-0.05, 0) is 0 Å². The van der Waals surface area contributed by atoms with Gasteiger partial charge >= 0.3 is 0 Å². The number of rotatable bonds is 1. The SMILES string of the molecule is NCC(=O)N1CC(O)C1. The summed E-state index contributed by atoms with van der Waals surface area (Å²) < 4.78 is 0. The van der Waals surface area contributed by atoms with Gasteiger partial charge in [0.1, 0.15) is 0 Å². The summed E-state index contributed by atoms with van der Waals surface area (Å²) in [5.74, 6) is -0.0831. The molecule has 1 aliphatic heterocycles. The fourth-order valence-electron chi connectivity index (χ4n) is 0.788. The van der Waals surface area contributed by atoms with Gasteiger partial charge in [0, 0.05) is 13.1 Å². The van der Waals surface area contributed by atoms with Crippen LogP contribution < -0.4 is 5.73 Å². The Morgan fingerprint density at radius 2 is 2.33 bits per heavy atom. The maximum atomic E-state index is 10.6. The van der Waals surface area contributed by atoms with Crippen LogP contribution in [0.4, 0.5) is 0 Å². The predicted molar refractivity (Wildman–Crippen MR) is 31.6 cm³/mol. The molecule has 1 heterocycles. The summed E-state index contributed by atoms with van der Waals surface area (Å²) in [4.78, 5) is 12.2. The number of nitrogens with two attached hydrogens (primary N) is 1. The molecular weight excluding hydrogens is 120 g/mol. The number of amides is 1. The lowest BCUT2D eigenvalue weighted by atomic mass is 10.2. The second kappa shape index (κ2) is 2.33. The number of hydrogen-bond acceptors (Lipinski definition) is 3. The molecule has 4 heteroatoms. The number of aliphatic hydroxyl groups is 1. The molecule has 0 radical (unpaired) electrons. The van der Waals surface area contributed by atoms with Crippen molar-refractivity contribution >= 4 is 5.91 Å². The summed E-state index contributed by atoms with van der Waals surface area (Å²) in [7, 11) is 0. The van der Waals surface area contributed by atoms with E-state index in [0.29, 0.717) is 13.1 Å². The van der Waals surface area contributed by atoms with Crippen molar-refractivity contribution < 1.29 is 9.90 Å². The Balaban J connectivity index is 2.23. The number of likely N-dealkylation sites (tertiary alicyclic amines) is 1. The second-order valence-electron chi connectivity index (χ2n) is 2.16. The maximum absolute atomic E-state index is 10.6. The lowest BCUT2D eigenvalue weighted by Gasteiger charge is -2.35. The van der Waals surface area contributed by atoms with Crippen LogP contribution in [0.15, 0.2) is 0 Å². The largest absolute Gasteiger partial charge is 0.389 e. The smallest absolute Gasteiger partial charge is 0.236 e. The van der Waals surface area contributed by atoms with Crippen LogP contribution in [-0.4, -0.2) is 41.7 Å². The van der Waals surface area contributed by atoms with Gasteiger partial charge in [-0.3, -0.25) is 4.79 Å². The number of aliphatic hydroxyl groups excluding tert-OH is 1. The molecule has 0 bridgehead atoms. The highest BCUT2D eigenvalue weighted by Crippen LogP contribution is 2.05. The minimum Gasteiger partial charge on any atom is -0.389 e. The molecule has 0 aliphatic carbocycles. The fraction of sp³-hybridized carbons (Fsp3) is 0.800. The molecule has 1 rings (SSSR count). The predicted octanol–water partition coefficient (Wildman–Crippen LogP) is -1.85. The van der Waals surface area contributed by atoms with Gasteiger partial charge in [0.05, 0.1) is 12.6 Å². The van der Waals surface area contributed by atoms with E-state index in [0.717, 1.165) is 0 Å². The molecule has 52 valence electrons. The highest BCUT2D eigenvalue weighted by atomic mass is 16.3. The highest BCUT2D eigenvalue weighted by molar-refractivity contribution is 5.78. The summed E-state index contributed by atoms with van der Waals surface area (Å²) in [6.07, 6.45) is -0.319. The zero-order valence-electron chi connectivity index (χ0n) is 5.08. The molecular formula is C5H10N2O2. The third-order valence-corrected chi connectivity index (χ3v) is 1.39. The monoisotopic (exact) mass is 130 g/mol. The van der Waals surface area contributed by atoms with Crippen LogP contribution in [0, 0.1) is 0 Å². The van der Waals surface area contributed by atoms with Crippen molar-refractivity contribution in [3.8, 4) is 0 Å². The van der Waals surface area contributed by atoms with Gasteiger partial charge in [-0.2, -0.15) is 0 Å². The summed E-state index contributed by atoms with van der Waals surface area (Å²) in [6, 6.07) is 0. The van der Waals surface area contributed by atoms with Crippen molar-refractivity contribution in [3.63, 3.8) is 0 Å². The molecule has 0 atom stereocenters. The van der Waals surface area contributed by atoms with E-state index in [9.17, 15) is 4.79 Å². The van der Waals surface area contributed by atoms with Gasteiger partial charge < -0.3 is 15.7 Å². The first-order valence-electron chi connectivity index (χ1n) is 2.90. The van der Waals surface area contributed by atoms with Gasteiger partial charge in [-0.25, -0.2) is 0 Å². The van der Waals surface area contributed by atoms with E-state index in [4.69, 9.17) is 10.8 Å². The summed E-state index contributed by atoms with van der Waals surface area (Å²) in [6.45, 7) is 0.957.